The van der Waals surface area contributed by atoms with Gasteiger partial charge in [0.2, 0.25) is 0 Å². The Bertz CT molecular complexity index is 378. The Morgan fingerprint density at radius 3 is 3.07 bits per heavy atom. The molecule has 0 saturated carbocycles. The van der Waals surface area contributed by atoms with Gasteiger partial charge in [-0.05, 0) is 12.5 Å². The number of carbonyl (C=O) groups excluding carboxylic acids is 1. The van der Waals surface area contributed by atoms with E-state index >= 15 is 0 Å². The number of carbonyl (C=O) groups is 1. The van der Waals surface area contributed by atoms with Crippen molar-refractivity contribution in [2.45, 2.75) is 19.9 Å². The van der Waals surface area contributed by atoms with E-state index in [4.69, 9.17) is 0 Å². The highest BCUT2D eigenvalue weighted by Crippen LogP contribution is 2.22. The molecule has 1 aromatic rings. The second-order valence-corrected chi connectivity index (χ2v) is 3.35. The van der Waals surface area contributed by atoms with Gasteiger partial charge < -0.3 is 4.90 Å². The molecule has 0 unspecified atom stereocenters. The lowest BCUT2D eigenvalue weighted by atomic mass is 10.2. The van der Waals surface area contributed by atoms with E-state index in [0.29, 0.717) is 18.7 Å². The molecule has 0 spiro atoms. The van der Waals surface area contributed by atoms with E-state index in [9.17, 15) is 9.18 Å². The standard InChI is InChI=1S/C10H11FN2O/c1-2-5-13-6-7-8(11)3-4-12-9(7)10(13)14/h3-4H,2,5-6H2,1H3. The van der Waals surface area contributed by atoms with E-state index in [2.05, 4.69) is 4.98 Å². The zero-order chi connectivity index (χ0) is 10.1. The van der Waals surface area contributed by atoms with E-state index in [1.807, 2.05) is 6.92 Å². The zero-order valence-electron chi connectivity index (χ0n) is 7.96. The number of fused-ring (bicyclic) bond motifs is 1. The molecule has 1 amide bonds. The summed E-state index contributed by atoms with van der Waals surface area (Å²) < 4.78 is 13.3. The second kappa shape index (κ2) is 3.36. The van der Waals surface area contributed by atoms with Crippen LogP contribution in [0.5, 0.6) is 0 Å². The molecule has 2 rings (SSSR count). The van der Waals surface area contributed by atoms with E-state index < -0.39 is 0 Å². The molecule has 4 heteroatoms. The van der Waals surface area contributed by atoms with Crippen LogP contribution in [0, 0.1) is 5.82 Å². The van der Waals surface area contributed by atoms with Gasteiger partial charge in [-0.15, -0.1) is 0 Å². The van der Waals surface area contributed by atoms with Gasteiger partial charge in [-0.1, -0.05) is 6.92 Å². The first-order valence-electron chi connectivity index (χ1n) is 4.66. The number of hydrogen-bond acceptors (Lipinski definition) is 2. The van der Waals surface area contributed by atoms with Gasteiger partial charge in [0.15, 0.2) is 0 Å². The Labute approximate surface area is 81.6 Å². The molecule has 3 nitrogen and oxygen atoms in total. The molecule has 14 heavy (non-hydrogen) atoms. The van der Waals surface area contributed by atoms with Crippen LogP contribution in [-0.4, -0.2) is 22.3 Å². The normalized spacial score (nSPS) is 14.7. The lowest BCUT2D eigenvalue weighted by Crippen LogP contribution is -2.24. The van der Waals surface area contributed by atoms with Crippen LogP contribution >= 0.6 is 0 Å². The van der Waals surface area contributed by atoms with Gasteiger partial charge in [-0.2, -0.15) is 0 Å². The van der Waals surface area contributed by atoms with Crippen molar-refractivity contribution in [3.63, 3.8) is 0 Å². The molecule has 0 N–H and O–H groups in total. The van der Waals surface area contributed by atoms with Gasteiger partial charge in [-0.3, -0.25) is 9.78 Å². The summed E-state index contributed by atoms with van der Waals surface area (Å²) in [5, 5.41) is 0. The number of aromatic nitrogens is 1. The maximum absolute atomic E-state index is 13.3. The first-order chi connectivity index (χ1) is 6.74. The molecule has 1 aliphatic rings. The highest BCUT2D eigenvalue weighted by Gasteiger charge is 2.30. The van der Waals surface area contributed by atoms with Crippen molar-refractivity contribution in [1.29, 1.82) is 0 Å². The molecule has 0 aromatic carbocycles. The van der Waals surface area contributed by atoms with Crippen LogP contribution in [0.25, 0.3) is 0 Å². The molecule has 1 aromatic heterocycles. The monoisotopic (exact) mass is 194 g/mol. The summed E-state index contributed by atoms with van der Waals surface area (Å²) >= 11 is 0. The van der Waals surface area contributed by atoms with E-state index in [0.717, 1.165) is 6.42 Å². The maximum Gasteiger partial charge on any atom is 0.273 e. The number of rotatable bonds is 2. The first kappa shape index (κ1) is 9.12. The Hall–Kier alpha value is -1.45. The molecule has 0 saturated heterocycles. The molecular weight excluding hydrogens is 183 g/mol. The number of amides is 1. The van der Waals surface area contributed by atoms with Gasteiger partial charge in [0.1, 0.15) is 11.5 Å². The lowest BCUT2D eigenvalue weighted by Gasteiger charge is -2.12. The summed E-state index contributed by atoms with van der Waals surface area (Å²) in [7, 11) is 0. The SMILES string of the molecule is CCCN1Cc2c(F)ccnc2C1=O. The Morgan fingerprint density at radius 1 is 1.64 bits per heavy atom. The average molecular weight is 194 g/mol. The number of nitrogens with zero attached hydrogens (tertiary/aromatic N) is 2. The molecule has 0 radical (unpaired) electrons. The van der Waals surface area contributed by atoms with E-state index in [1.54, 1.807) is 4.90 Å². The van der Waals surface area contributed by atoms with E-state index in [-0.39, 0.29) is 17.4 Å². The van der Waals surface area contributed by atoms with Crippen molar-refractivity contribution >= 4 is 5.91 Å². The molecule has 0 aliphatic carbocycles. The summed E-state index contributed by atoms with van der Waals surface area (Å²) in [4.78, 5) is 17.2. The van der Waals surface area contributed by atoms with E-state index in [1.165, 1.54) is 12.3 Å². The highest BCUT2D eigenvalue weighted by molar-refractivity contribution is 5.96. The van der Waals surface area contributed by atoms with Gasteiger partial charge in [-0.25, -0.2) is 4.39 Å². The first-order valence-corrected chi connectivity index (χ1v) is 4.66. The molecule has 0 atom stereocenters. The molecule has 0 bridgehead atoms. The van der Waals surface area contributed by atoms with Gasteiger partial charge in [0, 0.05) is 18.3 Å². The lowest BCUT2D eigenvalue weighted by molar-refractivity contribution is 0.0774. The summed E-state index contributed by atoms with van der Waals surface area (Å²) in [5.74, 6) is -0.483. The second-order valence-electron chi connectivity index (χ2n) is 3.35. The molecule has 2 heterocycles. The maximum atomic E-state index is 13.3. The van der Waals surface area contributed by atoms with Crippen molar-refractivity contribution in [2.75, 3.05) is 6.54 Å². The highest BCUT2D eigenvalue weighted by atomic mass is 19.1. The van der Waals surface area contributed by atoms with Gasteiger partial charge in [0.25, 0.3) is 5.91 Å². The number of pyridine rings is 1. The number of halogens is 1. The Kier molecular flexibility index (Phi) is 2.19. The van der Waals surface area contributed by atoms with Crippen LogP contribution in [0.1, 0.15) is 29.4 Å². The largest absolute Gasteiger partial charge is 0.333 e. The predicted molar refractivity (Wildman–Crippen MR) is 49.2 cm³/mol. The summed E-state index contributed by atoms with van der Waals surface area (Å²) in [5.41, 5.74) is 0.712. The van der Waals surface area contributed by atoms with Crippen LogP contribution in [0.3, 0.4) is 0 Å². The average Bonchev–Trinajstić information content (AvgIpc) is 2.48. The van der Waals surface area contributed by atoms with Gasteiger partial charge >= 0.3 is 0 Å². The molecular formula is C10H11FN2O. The van der Waals surface area contributed by atoms with Crippen LogP contribution in [0.2, 0.25) is 0 Å². The molecule has 0 fully saturated rings. The Balaban J connectivity index is 2.35. The quantitative estimate of drug-likeness (QED) is 0.716. The topological polar surface area (TPSA) is 33.2 Å². The zero-order valence-corrected chi connectivity index (χ0v) is 7.96. The van der Waals surface area contributed by atoms with Crippen molar-refractivity contribution < 1.29 is 9.18 Å². The number of hydrogen-bond donors (Lipinski definition) is 0. The van der Waals surface area contributed by atoms with Crippen LogP contribution in [0.4, 0.5) is 4.39 Å². The van der Waals surface area contributed by atoms with Crippen LogP contribution < -0.4 is 0 Å². The van der Waals surface area contributed by atoms with Crippen molar-refractivity contribution in [3.05, 3.63) is 29.3 Å². The van der Waals surface area contributed by atoms with Crippen molar-refractivity contribution in [3.8, 4) is 0 Å². The fourth-order valence-corrected chi connectivity index (χ4v) is 1.67. The third kappa shape index (κ3) is 1.27. The fourth-order valence-electron chi connectivity index (χ4n) is 1.67. The van der Waals surface area contributed by atoms with Crippen LogP contribution in [0.15, 0.2) is 12.3 Å². The smallest absolute Gasteiger partial charge is 0.273 e. The summed E-state index contributed by atoms with van der Waals surface area (Å²) in [6.45, 7) is 3.01. The fraction of sp³-hybridized carbons (Fsp3) is 0.400. The van der Waals surface area contributed by atoms with Crippen molar-refractivity contribution in [2.24, 2.45) is 0 Å². The van der Waals surface area contributed by atoms with Gasteiger partial charge in [0.05, 0.1) is 6.54 Å². The summed E-state index contributed by atoms with van der Waals surface area (Å²) in [6, 6.07) is 1.29. The minimum atomic E-state index is -0.332. The van der Waals surface area contributed by atoms with Crippen molar-refractivity contribution in [1.82, 2.24) is 9.88 Å². The molecule has 1 aliphatic heterocycles. The Morgan fingerprint density at radius 2 is 2.43 bits per heavy atom. The third-order valence-corrected chi connectivity index (χ3v) is 2.33. The minimum Gasteiger partial charge on any atom is -0.333 e. The minimum absolute atomic E-state index is 0.152. The van der Waals surface area contributed by atoms with Crippen LogP contribution in [-0.2, 0) is 6.54 Å². The summed E-state index contributed by atoms with van der Waals surface area (Å²) in [6.07, 6.45) is 2.21. The molecule has 74 valence electrons. The third-order valence-electron chi connectivity index (χ3n) is 2.33. The predicted octanol–water partition coefficient (Wildman–Crippen LogP) is 1.59.